The van der Waals surface area contributed by atoms with E-state index < -0.39 is 23.5 Å². The summed E-state index contributed by atoms with van der Waals surface area (Å²) in [5.41, 5.74) is 6.89. The first kappa shape index (κ1) is 33.1. The number of nitrogens with zero attached hydrogens (tertiary/aromatic N) is 4. The van der Waals surface area contributed by atoms with Gasteiger partial charge < -0.3 is 30.2 Å². The number of rotatable bonds is 11. The molecule has 13 nitrogen and oxygen atoms in total. The third-order valence-electron chi connectivity index (χ3n) is 6.19. The Bertz CT molecular complexity index is 1080. The monoisotopic (exact) mass is 549 g/mol. The summed E-state index contributed by atoms with van der Waals surface area (Å²) in [4.78, 5) is 36.1. The Morgan fingerprint density at radius 1 is 1.15 bits per heavy atom. The zero-order valence-corrected chi connectivity index (χ0v) is 22.9. The molecule has 0 bridgehead atoms. The first-order valence-electron chi connectivity index (χ1n) is 12.7. The molecular weight excluding hydrogens is 510 g/mol. The van der Waals surface area contributed by atoms with Crippen LogP contribution in [0.5, 0.6) is 0 Å². The van der Waals surface area contributed by atoms with E-state index in [0.717, 1.165) is 36.9 Å². The predicted octanol–water partition coefficient (Wildman–Crippen LogP) is 4.22. The number of carboxylic acids is 2. The van der Waals surface area contributed by atoms with Crippen molar-refractivity contribution in [3.63, 3.8) is 0 Å². The van der Waals surface area contributed by atoms with E-state index in [1.54, 1.807) is 18.4 Å². The Morgan fingerprint density at radius 2 is 1.77 bits per heavy atom. The second-order valence-corrected chi connectivity index (χ2v) is 9.88. The van der Waals surface area contributed by atoms with Crippen LogP contribution in [0.3, 0.4) is 0 Å². The minimum atomic E-state index is -0.962. The van der Waals surface area contributed by atoms with Crippen molar-refractivity contribution in [3.05, 3.63) is 24.2 Å². The van der Waals surface area contributed by atoms with Gasteiger partial charge in [-0.25, -0.2) is 19.6 Å². The number of hydrogen-bond acceptors (Lipinski definition) is 10. The van der Waals surface area contributed by atoms with Crippen LogP contribution in [0.15, 0.2) is 18.5 Å². The Kier molecular flexibility index (Phi) is 13.7. The van der Waals surface area contributed by atoms with Crippen LogP contribution >= 0.6 is 0 Å². The van der Waals surface area contributed by atoms with Gasteiger partial charge in [0, 0.05) is 6.57 Å². The third kappa shape index (κ3) is 11.2. The molecule has 1 aliphatic rings. The second kappa shape index (κ2) is 16.1. The maximum atomic E-state index is 11.7. The molecule has 39 heavy (non-hydrogen) atoms. The molecule has 0 aromatic carbocycles. The molecule has 0 amide bonds. The van der Waals surface area contributed by atoms with Crippen LogP contribution in [-0.2, 0) is 23.8 Å². The molecule has 0 radical (unpaired) electrons. The molecule has 2 aromatic rings. The van der Waals surface area contributed by atoms with Crippen molar-refractivity contribution in [1.82, 2.24) is 14.6 Å². The molecule has 1 fully saturated rings. The molecule has 4 N–H and O–H groups in total. The second-order valence-electron chi connectivity index (χ2n) is 9.88. The maximum Gasteiger partial charge on any atom is 0.508 e. The van der Waals surface area contributed by atoms with Gasteiger partial charge >= 0.3 is 18.1 Å². The normalized spacial score (nSPS) is 16.5. The summed E-state index contributed by atoms with van der Waals surface area (Å²) in [7, 11) is 0. The number of aromatic nitrogens is 3. The Morgan fingerprint density at radius 3 is 2.33 bits per heavy atom. The number of carbonyl (C=O) groups excluding carboxylic acids is 1. The van der Waals surface area contributed by atoms with Gasteiger partial charge in [-0.2, -0.15) is 5.10 Å². The number of aliphatic carboxylic acids is 2. The number of hydrogen-bond donors (Lipinski definition) is 3. The molecule has 2 unspecified atom stereocenters. The zero-order valence-electron chi connectivity index (χ0n) is 22.9. The number of nitriles is 1. The first-order chi connectivity index (χ1) is 18.5. The quantitative estimate of drug-likeness (QED) is 0.337. The number of ether oxygens (including phenoxy) is 3. The molecular formula is C26H39N5O8. The van der Waals surface area contributed by atoms with Crippen molar-refractivity contribution in [2.75, 3.05) is 18.9 Å². The summed E-state index contributed by atoms with van der Waals surface area (Å²) in [6, 6.07) is 3.82. The predicted molar refractivity (Wildman–Crippen MR) is 141 cm³/mol. The summed E-state index contributed by atoms with van der Waals surface area (Å²) in [5, 5.41) is 27.5. The van der Waals surface area contributed by atoms with E-state index in [0.29, 0.717) is 18.3 Å². The van der Waals surface area contributed by atoms with Gasteiger partial charge in [-0.15, -0.1) is 0 Å². The van der Waals surface area contributed by atoms with Crippen LogP contribution in [0.4, 0.5) is 10.6 Å². The Balaban J connectivity index is 0.000000495. The summed E-state index contributed by atoms with van der Waals surface area (Å²) in [5.74, 6) is -1.11. The molecule has 1 saturated heterocycles. The van der Waals surface area contributed by atoms with Crippen LogP contribution in [0.1, 0.15) is 78.0 Å². The minimum Gasteiger partial charge on any atom is -0.481 e. The van der Waals surface area contributed by atoms with E-state index in [2.05, 4.69) is 30.5 Å². The largest absolute Gasteiger partial charge is 0.508 e. The standard InChI is InChI=1S/C18H26N4O4.C7H12O4.CHN/c1-3-12(4-2)9-24-18(23)25-10-13-5-8-16(26-13)14-6-7-15-17(19)20-11-21-22(14)15;1-7(2,3-5(8)9)4-6(10)11;1-2/h6-7,11-13,16H,3-5,8-10H2,1-2H3,(H2,19,20,21);3-4H2,1-2H3,(H,8,9)(H,10,11);1H. The lowest BCUT2D eigenvalue weighted by atomic mass is 9.86. The van der Waals surface area contributed by atoms with Gasteiger partial charge in [0.2, 0.25) is 0 Å². The smallest absolute Gasteiger partial charge is 0.481 e. The van der Waals surface area contributed by atoms with Gasteiger partial charge in [-0.3, -0.25) is 9.59 Å². The maximum absolute atomic E-state index is 11.7. The number of anilines is 1. The minimum absolute atomic E-state index is 0.110. The number of nitrogens with two attached hydrogens (primary N) is 1. The third-order valence-corrected chi connectivity index (χ3v) is 6.19. The molecule has 2 atom stereocenters. The average Bonchev–Trinajstić information content (AvgIpc) is 3.51. The van der Waals surface area contributed by atoms with Gasteiger partial charge in [-0.05, 0) is 36.3 Å². The highest BCUT2D eigenvalue weighted by Gasteiger charge is 2.30. The molecule has 0 saturated carbocycles. The van der Waals surface area contributed by atoms with Crippen LogP contribution in [0, 0.1) is 23.2 Å². The van der Waals surface area contributed by atoms with Gasteiger partial charge in [0.25, 0.3) is 0 Å². The van der Waals surface area contributed by atoms with Crippen LogP contribution < -0.4 is 5.73 Å². The number of fused-ring (bicyclic) bond motifs is 1. The summed E-state index contributed by atoms with van der Waals surface area (Å²) >= 11 is 0. The van der Waals surface area contributed by atoms with Crippen molar-refractivity contribution in [2.24, 2.45) is 11.3 Å². The molecule has 3 heterocycles. The summed E-state index contributed by atoms with van der Waals surface area (Å²) in [6.07, 6.45) is 3.91. The number of carbonyl (C=O) groups is 3. The van der Waals surface area contributed by atoms with Gasteiger partial charge in [0.05, 0.1) is 31.2 Å². The SMILES string of the molecule is C#N.CC(C)(CC(=O)O)CC(=O)O.CCC(CC)COC(=O)OCC1CCC(c2ccc3c(N)ncnn23)O1. The van der Waals surface area contributed by atoms with Gasteiger partial charge in [-0.1, -0.05) is 40.5 Å². The molecule has 216 valence electrons. The molecule has 0 aliphatic carbocycles. The highest BCUT2D eigenvalue weighted by atomic mass is 16.7. The van der Waals surface area contributed by atoms with E-state index in [-0.39, 0.29) is 31.7 Å². The Hall–Kier alpha value is -3.92. The van der Waals surface area contributed by atoms with E-state index in [4.69, 9.17) is 35.4 Å². The van der Waals surface area contributed by atoms with E-state index in [1.807, 2.05) is 12.1 Å². The van der Waals surface area contributed by atoms with Crippen molar-refractivity contribution < 1.29 is 38.8 Å². The van der Waals surface area contributed by atoms with Crippen molar-refractivity contribution in [2.45, 2.75) is 78.4 Å². The fourth-order valence-electron chi connectivity index (χ4n) is 4.06. The van der Waals surface area contributed by atoms with E-state index in [1.165, 1.54) is 6.33 Å². The average molecular weight is 550 g/mol. The van der Waals surface area contributed by atoms with E-state index >= 15 is 0 Å². The Labute approximate surface area is 227 Å². The summed E-state index contributed by atoms with van der Waals surface area (Å²) in [6.45, 7) is 11.5. The van der Waals surface area contributed by atoms with Crippen molar-refractivity contribution >= 4 is 29.4 Å². The topological polar surface area (TPSA) is 199 Å². The highest BCUT2D eigenvalue weighted by Crippen LogP contribution is 2.34. The molecule has 1 aliphatic heterocycles. The molecule has 13 heteroatoms. The molecule has 3 rings (SSSR count). The highest BCUT2D eigenvalue weighted by molar-refractivity contribution is 5.71. The number of carboxylic acid groups (broad SMARTS) is 2. The lowest BCUT2D eigenvalue weighted by Crippen LogP contribution is -2.21. The first-order valence-corrected chi connectivity index (χ1v) is 12.7. The summed E-state index contributed by atoms with van der Waals surface area (Å²) < 4.78 is 18.1. The molecule has 2 aromatic heterocycles. The van der Waals surface area contributed by atoms with Crippen molar-refractivity contribution in [1.29, 1.82) is 5.26 Å². The lowest BCUT2D eigenvalue weighted by molar-refractivity contribution is -0.142. The van der Waals surface area contributed by atoms with Crippen LogP contribution in [0.25, 0.3) is 5.52 Å². The van der Waals surface area contributed by atoms with Crippen LogP contribution in [0.2, 0.25) is 0 Å². The van der Waals surface area contributed by atoms with E-state index in [9.17, 15) is 14.4 Å². The molecule has 0 spiro atoms. The fraction of sp³-hybridized carbons (Fsp3) is 0.615. The zero-order chi connectivity index (χ0) is 29.6. The fourth-order valence-corrected chi connectivity index (χ4v) is 4.06. The lowest BCUT2D eigenvalue weighted by Gasteiger charge is -2.18. The van der Waals surface area contributed by atoms with Gasteiger partial charge in [0.1, 0.15) is 24.6 Å². The van der Waals surface area contributed by atoms with Crippen LogP contribution in [-0.4, -0.2) is 62.2 Å². The van der Waals surface area contributed by atoms with Gasteiger partial charge in [0.15, 0.2) is 5.82 Å². The number of nitrogen functional groups attached to an aromatic ring is 1. The van der Waals surface area contributed by atoms with Crippen molar-refractivity contribution in [3.8, 4) is 6.57 Å².